The number of fused-ring (bicyclic) bond motifs is 1. The molecule has 1 aromatic heterocycles. The quantitative estimate of drug-likeness (QED) is 0.415. The lowest BCUT2D eigenvalue weighted by atomic mass is 10.1. The molecule has 0 amide bonds. The second-order valence-corrected chi connectivity index (χ2v) is 5.65. The van der Waals surface area contributed by atoms with Crippen molar-refractivity contribution < 1.29 is 9.53 Å². The van der Waals surface area contributed by atoms with Crippen molar-refractivity contribution >= 4 is 38.6 Å². The largest absolute Gasteiger partial charge is 0.465 e. The Morgan fingerprint density at radius 1 is 1.27 bits per heavy atom. The highest BCUT2D eigenvalue weighted by atomic mass is 79.9. The van der Waals surface area contributed by atoms with Crippen LogP contribution in [0.3, 0.4) is 0 Å². The van der Waals surface area contributed by atoms with Crippen LogP contribution in [-0.2, 0) is 4.74 Å². The van der Waals surface area contributed by atoms with Crippen molar-refractivity contribution in [3.05, 3.63) is 46.4 Å². The van der Waals surface area contributed by atoms with Crippen LogP contribution in [-0.4, -0.2) is 22.7 Å². The number of imidazole rings is 1. The van der Waals surface area contributed by atoms with Crippen molar-refractivity contribution in [1.82, 2.24) is 9.66 Å². The van der Waals surface area contributed by atoms with Crippen LogP contribution in [0, 0.1) is 0 Å². The molecule has 3 aromatic rings. The number of methoxy groups -OCH3 is 1. The van der Waals surface area contributed by atoms with Crippen molar-refractivity contribution in [2.45, 2.75) is 0 Å². The summed E-state index contributed by atoms with van der Waals surface area (Å²) in [6.07, 6.45) is 0. The Labute approximate surface area is 134 Å². The first-order chi connectivity index (χ1) is 10.5. The van der Waals surface area contributed by atoms with Crippen molar-refractivity contribution in [2.75, 3.05) is 18.7 Å². The van der Waals surface area contributed by atoms with Gasteiger partial charge in [-0.1, -0.05) is 28.1 Å². The number of hydrogen-bond acceptors (Lipinski definition) is 5. The van der Waals surface area contributed by atoms with E-state index < -0.39 is 5.97 Å². The Balaban J connectivity index is 2.22. The summed E-state index contributed by atoms with van der Waals surface area (Å²) in [5.74, 6) is 6.21. The fourth-order valence-electron chi connectivity index (χ4n) is 2.30. The van der Waals surface area contributed by atoms with E-state index >= 15 is 0 Å². The number of hydrogen-bond donors (Lipinski definition) is 2. The second-order valence-electron chi connectivity index (χ2n) is 4.74. The zero-order valence-electron chi connectivity index (χ0n) is 11.7. The van der Waals surface area contributed by atoms with E-state index in [9.17, 15) is 4.79 Å². The van der Waals surface area contributed by atoms with Gasteiger partial charge in [-0.3, -0.25) is 0 Å². The van der Waals surface area contributed by atoms with E-state index in [1.54, 1.807) is 6.07 Å². The maximum absolute atomic E-state index is 11.7. The minimum absolute atomic E-state index is 0.341. The number of aromatic nitrogens is 2. The van der Waals surface area contributed by atoms with E-state index in [2.05, 4.69) is 20.9 Å². The van der Waals surface area contributed by atoms with Crippen LogP contribution < -0.4 is 11.6 Å². The molecule has 6 nitrogen and oxygen atoms in total. The number of nitrogens with zero attached hydrogens (tertiary/aromatic N) is 2. The number of benzene rings is 2. The van der Waals surface area contributed by atoms with Gasteiger partial charge in [0.25, 0.3) is 0 Å². The molecule has 0 aliphatic carbocycles. The van der Waals surface area contributed by atoms with Crippen molar-refractivity contribution in [1.29, 1.82) is 0 Å². The molecule has 0 spiro atoms. The van der Waals surface area contributed by atoms with Gasteiger partial charge >= 0.3 is 5.97 Å². The summed E-state index contributed by atoms with van der Waals surface area (Å²) < 4.78 is 7.10. The van der Waals surface area contributed by atoms with E-state index in [0.29, 0.717) is 28.1 Å². The number of nitrogen functional groups attached to an aromatic ring is 2. The molecule has 7 heteroatoms. The molecule has 112 valence electrons. The van der Waals surface area contributed by atoms with Gasteiger partial charge in [0, 0.05) is 10.0 Å². The number of nitrogens with two attached hydrogens (primary N) is 2. The Morgan fingerprint density at radius 2 is 1.95 bits per heavy atom. The Morgan fingerprint density at radius 3 is 2.59 bits per heavy atom. The third kappa shape index (κ3) is 2.29. The number of halogens is 1. The SMILES string of the molecule is COC(=O)c1cc(N)c2c(c1)nc(-c1ccc(Br)cc1)n2N. The van der Waals surface area contributed by atoms with Gasteiger partial charge in [-0.25, -0.2) is 14.5 Å². The van der Waals surface area contributed by atoms with E-state index in [1.165, 1.54) is 17.9 Å². The first kappa shape index (κ1) is 14.4. The normalized spacial score (nSPS) is 10.8. The standard InChI is InChI=1S/C15H13BrN4O2/c1-22-15(21)9-6-11(17)13-12(7-9)19-14(20(13)18)8-2-4-10(16)5-3-8/h2-7H,17-18H2,1H3. The molecule has 2 aromatic carbocycles. The van der Waals surface area contributed by atoms with Gasteiger partial charge in [0.1, 0.15) is 5.52 Å². The maximum atomic E-state index is 11.7. The van der Waals surface area contributed by atoms with Gasteiger partial charge < -0.3 is 16.3 Å². The predicted octanol–water partition coefficient (Wildman–Crippen LogP) is 2.55. The molecular formula is C15H13BrN4O2. The molecule has 0 saturated heterocycles. The zero-order valence-corrected chi connectivity index (χ0v) is 13.3. The molecular weight excluding hydrogens is 348 g/mol. The van der Waals surface area contributed by atoms with E-state index in [4.69, 9.17) is 16.3 Å². The molecule has 4 N–H and O–H groups in total. The van der Waals surface area contributed by atoms with Crippen LogP contribution in [0.15, 0.2) is 40.9 Å². The second kappa shape index (κ2) is 5.34. The van der Waals surface area contributed by atoms with Crippen LogP contribution >= 0.6 is 15.9 Å². The Hall–Kier alpha value is -2.54. The number of ether oxygens (including phenoxy) is 1. The van der Waals surface area contributed by atoms with Crippen molar-refractivity contribution in [3.8, 4) is 11.4 Å². The molecule has 0 fully saturated rings. The third-order valence-electron chi connectivity index (χ3n) is 3.34. The molecule has 22 heavy (non-hydrogen) atoms. The minimum atomic E-state index is -0.467. The highest BCUT2D eigenvalue weighted by Gasteiger charge is 2.16. The van der Waals surface area contributed by atoms with Gasteiger partial charge in [-0.15, -0.1) is 0 Å². The first-order valence-corrected chi connectivity index (χ1v) is 7.22. The smallest absolute Gasteiger partial charge is 0.338 e. The Bertz CT molecular complexity index is 871. The van der Waals surface area contributed by atoms with Gasteiger partial charge in [-0.2, -0.15) is 0 Å². The fraction of sp³-hybridized carbons (Fsp3) is 0.0667. The summed E-state index contributed by atoms with van der Waals surface area (Å²) >= 11 is 3.39. The van der Waals surface area contributed by atoms with Gasteiger partial charge in [0.05, 0.1) is 23.9 Å². The molecule has 0 unspecified atom stereocenters. The fourth-order valence-corrected chi connectivity index (χ4v) is 2.57. The average molecular weight is 361 g/mol. The van der Waals surface area contributed by atoms with Crippen LogP contribution in [0.2, 0.25) is 0 Å². The lowest BCUT2D eigenvalue weighted by molar-refractivity contribution is 0.0601. The van der Waals surface area contributed by atoms with Crippen molar-refractivity contribution in [2.24, 2.45) is 0 Å². The van der Waals surface area contributed by atoms with Crippen LogP contribution in [0.4, 0.5) is 5.69 Å². The number of carbonyl (C=O) groups excluding carboxylic acids is 1. The summed E-state index contributed by atoms with van der Waals surface area (Å²) in [5.41, 5.74) is 8.69. The molecule has 0 aliphatic rings. The van der Waals surface area contributed by atoms with Crippen LogP contribution in [0.25, 0.3) is 22.4 Å². The Kier molecular flexibility index (Phi) is 3.50. The maximum Gasteiger partial charge on any atom is 0.338 e. The molecule has 0 radical (unpaired) electrons. The zero-order chi connectivity index (χ0) is 15.9. The first-order valence-electron chi connectivity index (χ1n) is 6.42. The van der Waals surface area contributed by atoms with Gasteiger partial charge in [0.2, 0.25) is 0 Å². The van der Waals surface area contributed by atoms with E-state index in [-0.39, 0.29) is 0 Å². The monoisotopic (exact) mass is 360 g/mol. The van der Waals surface area contributed by atoms with E-state index in [1.807, 2.05) is 24.3 Å². The van der Waals surface area contributed by atoms with E-state index in [0.717, 1.165) is 10.0 Å². The van der Waals surface area contributed by atoms with Gasteiger partial charge in [0.15, 0.2) is 5.82 Å². The van der Waals surface area contributed by atoms with Gasteiger partial charge in [-0.05, 0) is 24.3 Å². The lowest BCUT2D eigenvalue weighted by Gasteiger charge is -2.05. The van der Waals surface area contributed by atoms with Crippen molar-refractivity contribution in [3.63, 3.8) is 0 Å². The number of carbonyl (C=O) groups is 1. The molecule has 3 rings (SSSR count). The predicted molar refractivity (Wildman–Crippen MR) is 88.8 cm³/mol. The topological polar surface area (TPSA) is 96.2 Å². The summed E-state index contributed by atoms with van der Waals surface area (Å²) in [5, 5.41) is 0. The molecule has 0 saturated carbocycles. The number of anilines is 1. The summed E-state index contributed by atoms with van der Waals surface area (Å²) in [6, 6.07) is 10.7. The number of rotatable bonds is 2. The highest BCUT2D eigenvalue weighted by Crippen LogP contribution is 2.28. The lowest BCUT2D eigenvalue weighted by Crippen LogP contribution is -2.11. The number of esters is 1. The van der Waals surface area contributed by atoms with Crippen LogP contribution in [0.1, 0.15) is 10.4 Å². The molecule has 0 aliphatic heterocycles. The summed E-state index contributed by atoms with van der Waals surface area (Å²) in [7, 11) is 1.32. The summed E-state index contributed by atoms with van der Waals surface area (Å²) in [6.45, 7) is 0. The molecule has 0 bridgehead atoms. The third-order valence-corrected chi connectivity index (χ3v) is 3.87. The minimum Gasteiger partial charge on any atom is -0.465 e. The van der Waals surface area contributed by atoms with Crippen LogP contribution in [0.5, 0.6) is 0 Å². The highest BCUT2D eigenvalue weighted by molar-refractivity contribution is 9.10. The summed E-state index contributed by atoms with van der Waals surface area (Å²) in [4.78, 5) is 16.1. The molecule has 1 heterocycles. The average Bonchev–Trinajstić information content (AvgIpc) is 2.84. The molecule has 0 atom stereocenters.